The van der Waals surface area contributed by atoms with E-state index in [-0.39, 0.29) is 11.3 Å². The highest BCUT2D eigenvalue weighted by Gasteiger charge is 2.25. The van der Waals surface area contributed by atoms with Crippen molar-refractivity contribution in [2.75, 3.05) is 12.4 Å². The molecule has 0 aliphatic rings. The average Bonchev–Trinajstić information content (AvgIpc) is 2.43. The van der Waals surface area contributed by atoms with Crippen LogP contribution in [0.3, 0.4) is 0 Å². The summed E-state index contributed by atoms with van der Waals surface area (Å²) in [5.41, 5.74) is 1.53. The van der Waals surface area contributed by atoms with Crippen LogP contribution in [0.1, 0.15) is 42.6 Å². The molecule has 106 valence electrons. The summed E-state index contributed by atoms with van der Waals surface area (Å²) in [6, 6.07) is 5.29. The maximum Gasteiger partial charge on any atom is 0.251 e. The quantitative estimate of drug-likeness (QED) is 0.774. The third-order valence-electron chi connectivity index (χ3n) is 3.83. The number of amides is 1. The summed E-state index contributed by atoms with van der Waals surface area (Å²) in [7, 11) is 0. The molecule has 19 heavy (non-hydrogen) atoms. The topological polar surface area (TPSA) is 29.1 Å². The van der Waals surface area contributed by atoms with Gasteiger partial charge in [-0.25, -0.2) is 0 Å². The molecule has 0 aliphatic carbocycles. The maximum absolute atomic E-state index is 12.1. The summed E-state index contributed by atoms with van der Waals surface area (Å²) in [5.74, 6) is 0.482. The van der Waals surface area contributed by atoms with Crippen molar-refractivity contribution in [2.45, 2.75) is 33.6 Å². The van der Waals surface area contributed by atoms with Crippen LogP contribution < -0.4 is 5.32 Å². The Hall–Kier alpha value is -0.730. The van der Waals surface area contributed by atoms with Crippen molar-refractivity contribution in [3.63, 3.8) is 0 Å². The zero-order valence-electron chi connectivity index (χ0n) is 11.7. The molecule has 1 aromatic carbocycles. The number of halogens is 2. The first kappa shape index (κ1) is 16.3. The number of nitrogens with one attached hydrogen (secondary N) is 1. The zero-order valence-corrected chi connectivity index (χ0v) is 13.2. The van der Waals surface area contributed by atoms with E-state index in [4.69, 9.17) is 23.2 Å². The van der Waals surface area contributed by atoms with Gasteiger partial charge in [0.05, 0.1) is 0 Å². The molecule has 0 aliphatic heterocycles. The summed E-state index contributed by atoms with van der Waals surface area (Å²) >= 11 is 12.0. The van der Waals surface area contributed by atoms with Crippen molar-refractivity contribution in [1.82, 2.24) is 5.32 Å². The largest absolute Gasteiger partial charge is 0.351 e. The molecule has 1 N–H and O–H groups in total. The highest BCUT2D eigenvalue weighted by atomic mass is 35.5. The normalized spacial score (nSPS) is 11.4. The van der Waals surface area contributed by atoms with Crippen LogP contribution in [0.25, 0.3) is 0 Å². The van der Waals surface area contributed by atoms with E-state index >= 15 is 0 Å². The number of rotatable bonds is 6. The molecule has 1 aromatic rings. The van der Waals surface area contributed by atoms with Crippen LogP contribution in [0, 0.1) is 12.3 Å². The van der Waals surface area contributed by atoms with Gasteiger partial charge in [-0.2, -0.15) is 0 Å². The number of hydrogen-bond acceptors (Lipinski definition) is 1. The van der Waals surface area contributed by atoms with Gasteiger partial charge < -0.3 is 5.32 Å². The minimum absolute atomic E-state index is 0.0152. The second kappa shape index (κ2) is 7.16. The van der Waals surface area contributed by atoms with Crippen LogP contribution in [0.15, 0.2) is 18.2 Å². The number of alkyl halides is 1. The molecule has 1 amide bonds. The highest BCUT2D eigenvalue weighted by Crippen LogP contribution is 2.27. The Labute approximate surface area is 125 Å². The first-order valence-corrected chi connectivity index (χ1v) is 7.49. The second-order valence-corrected chi connectivity index (χ2v) is 5.66. The lowest BCUT2D eigenvalue weighted by atomic mass is 9.84. The molecular weight excluding hydrogens is 281 g/mol. The van der Waals surface area contributed by atoms with Gasteiger partial charge in [0.15, 0.2) is 0 Å². The van der Waals surface area contributed by atoms with Gasteiger partial charge in [-0.05, 0) is 43.5 Å². The predicted molar refractivity (Wildman–Crippen MR) is 82.3 cm³/mol. The van der Waals surface area contributed by atoms with E-state index in [0.717, 1.165) is 18.4 Å². The molecule has 0 heterocycles. The standard InChI is InChI=1S/C15H21Cl2NO/c1-4-15(5-2,9-16)10-18-14(19)12-6-7-13(17)11(3)8-12/h6-8H,4-5,9-10H2,1-3H3,(H,18,19). The lowest BCUT2D eigenvalue weighted by Gasteiger charge is -2.29. The fraction of sp³-hybridized carbons (Fsp3) is 0.533. The lowest BCUT2D eigenvalue weighted by molar-refractivity contribution is 0.0931. The highest BCUT2D eigenvalue weighted by molar-refractivity contribution is 6.31. The van der Waals surface area contributed by atoms with Crippen molar-refractivity contribution in [3.05, 3.63) is 34.3 Å². The van der Waals surface area contributed by atoms with Gasteiger partial charge in [-0.3, -0.25) is 4.79 Å². The lowest BCUT2D eigenvalue weighted by Crippen LogP contribution is -2.38. The van der Waals surface area contributed by atoms with Gasteiger partial charge >= 0.3 is 0 Å². The van der Waals surface area contributed by atoms with Crippen LogP contribution in [0.2, 0.25) is 5.02 Å². The van der Waals surface area contributed by atoms with Crippen LogP contribution in [-0.4, -0.2) is 18.3 Å². The van der Waals surface area contributed by atoms with E-state index in [1.165, 1.54) is 0 Å². The van der Waals surface area contributed by atoms with E-state index in [1.54, 1.807) is 18.2 Å². The number of aryl methyl sites for hydroxylation is 1. The van der Waals surface area contributed by atoms with Gasteiger partial charge in [-0.1, -0.05) is 25.4 Å². The summed E-state index contributed by atoms with van der Waals surface area (Å²) in [6.07, 6.45) is 1.90. The minimum Gasteiger partial charge on any atom is -0.351 e. The van der Waals surface area contributed by atoms with E-state index in [9.17, 15) is 4.79 Å². The Balaban J connectivity index is 2.72. The molecule has 1 rings (SSSR count). The Morgan fingerprint density at radius 1 is 1.32 bits per heavy atom. The van der Waals surface area contributed by atoms with E-state index < -0.39 is 0 Å². The molecule has 0 radical (unpaired) electrons. The van der Waals surface area contributed by atoms with E-state index in [1.807, 2.05) is 6.92 Å². The number of benzene rings is 1. The Kier molecular flexibility index (Phi) is 6.15. The minimum atomic E-state index is -0.0730. The smallest absolute Gasteiger partial charge is 0.251 e. The van der Waals surface area contributed by atoms with Gasteiger partial charge in [0.2, 0.25) is 0 Å². The first-order chi connectivity index (χ1) is 8.98. The molecule has 0 saturated carbocycles. The van der Waals surface area contributed by atoms with Crippen molar-refractivity contribution in [1.29, 1.82) is 0 Å². The van der Waals surface area contributed by atoms with Crippen molar-refractivity contribution in [3.8, 4) is 0 Å². The number of hydrogen-bond donors (Lipinski definition) is 1. The predicted octanol–water partition coefficient (Wildman–Crippen LogP) is 4.42. The summed E-state index contributed by atoms with van der Waals surface area (Å²) in [6.45, 7) is 6.69. The molecule has 0 unspecified atom stereocenters. The van der Waals surface area contributed by atoms with Gasteiger partial charge in [0.25, 0.3) is 5.91 Å². The van der Waals surface area contributed by atoms with Gasteiger partial charge in [0, 0.05) is 28.4 Å². The maximum atomic E-state index is 12.1. The van der Waals surface area contributed by atoms with Crippen LogP contribution in [-0.2, 0) is 0 Å². The van der Waals surface area contributed by atoms with E-state index in [0.29, 0.717) is 23.0 Å². The van der Waals surface area contributed by atoms with Crippen LogP contribution in [0.5, 0.6) is 0 Å². The van der Waals surface area contributed by atoms with Crippen LogP contribution >= 0.6 is 23.2 Å². The summed E-state index contributed by atoms with van der Waals surface area (Å²) in [5, 5.41) is 3.65. The molecule has 0 saturated heterocycles. The molecule has 0 atom stereocenters. The molecule has 0 aromatic heterocycles. The van der Waals surface area contributed by atoms with Gasteiger partial charge in [-0.15, -0.1) is 11.6 Å². The summed E-state index contributed by atoms with van der Waals surface area (Å²) in [4.78, 5) is 12.1. The second-order valence-electron chi connectivity index (χ2n) is 4.99. The third kappa shape index (κ3) is 4.12. The summed E-state index contributed by atoms with van der Waals surface area (Å²) < 4.78 is 0. The van der Waals surface area contributed by atoms with Crippen molar-refractivity contribution < 1.29 is 4.79 Å². The molecule has 4 heteroatoms. The third-order valence-corrected chi connectivity index (χ3v) is 4.82. The monoisotopic (exact) mass is 301 g/mol. The molecule has 2 nitrogen and oxygen atoms in total. The zero-order chi connectivity index (χ0) is 14.5. The Morgan fingerprint density at radius 3 is 2.42 bits per heavy atom. The molecular formula is C15H21Cl2NO. The molecule has 0 fully saturated rings. The fourth-order valence-corrected chi connectivity index (χ4v) is 2.48. The van der Waals surface area contributed by atoms with E-state index in [2.05, 4.69) is 19.2 Å². The van der Waals surface area contributed by atoms with Crippen molar-refractivity contribution in [2.24, 2.45) is 5.41 Å². The number of carbonyl (C=O) groups is 1. The molecule has 0 spiro atoms. The Bertz CT molecular complexity index is 434. The Morgan fingerprint density at radius 2 is 1.95 bits per heavy atom. The van der Waals surface area contributed by atoms with Crippen LogP contribution in [0.4, 0.5) is 0 Å². The fourth-order valence-electron chi connectivity index (χ4n) is 1.89. The average molecular weight is 302 g/mol. The molecule has 0 bridgehead atoms. The number of carbonyl (C=O) groups excluding carboxylic acids is 1. The first-order valence-electron chi connectivity index (χ1n) is 6.58. The SMILES string of the molecule is CCC(CC)(CCl)CNC(=O)c1ccc(Cl)c(C)c1. The van der Waals surface area contributed by atoms with Gasteiger partial charge in [0.1, 0.15) is 0 Å². The van der Waals surface area contributed by atoms with Crippen molar-refractivity contribution >= 4 is 29.1 Å².